The van der Waals surface area contributed by atoms with Gasteiger partial charge in [-0.05, 0) is 124 Å². The van der Waals surface area contributed by atoms with Gasteiger partial charge >= 0.3 is 18.0 Å². The van der Waals surface area contributed by atoms with E-state index in [2.05, 4.69) is 109 Å². The van der Waals surface area contributed by atoms with Crippen molar-refractivity contribution >= 4 is 45.8 Å². The molecule has 0 spiro atoms. The molecule has 0 unspecified atom stereocenters. The highest BCUT2D eigenvalue weighted by molar-refractivity contribution is 5.96. The maximum atomic E-state index is 11.5. The normalized spacial score (nSPS) is 13.9. The third kappa shape index (κ3) is 10.8. The van der Waals surface area contributed by atoms with Crippen molar-refractivity contribution < 1.29 is 28.8 Å². The summed E-state index contributed by atoms with van der Waals surface area (Å²) < 4.78 is 34.1. The third-order valence-corrected chi connectivity index (χ3v) is 16.0. The van der Waals surface area contributed by atoms with Crippen molar-refractivity contribution in [1.29, 1.82) is 0 Å². The molecule has 0 saturated heterocycles. The predicted molar refractivity (Wildman–Crippen MR) is 350 cm³/mol. The molecule has 0 fully saturated rings. The Kier molecular flexibility index (Phi) is 14.7. The Morgan fingerprint density at radius 2 is 0.920 bits per heavy atom. The molecule has 9 heteroatoms. The number of phenolic OH excluding ortho intramolecular Hbond substituents is 1. The van der Waals surface area contributed by atoms with Gasteiger partial charge in [0.25, 0.3) is 0 Å². The van der Waals surface area contributed by atoms with Crippen LogP contribution in [0.2, 0.25) is 0 Å². The number of benzene rings is 11. The summed E-state index contributed by atoms with van der Waals surface area (Å²) in [4.78, 5) is 14.3. The first-order chi connectivity index (χ1) is 43.4. The second-order valence-corrected chi connectivity index (χ2v) is 21.5. The quantitative estimate of drug-likeness (QED) is 0.0748. The molecule has 3 heterocycles. The van der Waals surface area contributed by atoms with Crippen LogP contribution in [0.15, 0.2) is 297 Å². The molecule has 1 N–H and O–H groups in total. The zero-order chi connectivity index (χ0) is 59.3. The minimum Gasteiger partial charge on any atom is -0.507 e. The lowest BCUT2D eigenvalue weighted by Gasteiger charge is -2.36. The molecule has 424 valence electrons. The van der Waals surface area contributed by atoms with Gasteiger partial charge in [0.15, 0.2) is 11.2 Å². The molecular weight excluding hydrogens is 1090 g/mol. The highest BCUT2D eigenvalue weighted by Crippen LogP contribution is 2.47. The van der Waals surface area contributed by atoms with E-state index < -0.39 is 11.2 Å². The number of phenols is 1. The monoisotopic (exact) mass is 1140 g/mol. The molecule has 0 atom stereocenters. The fourth-order valence-corrected chi connectivity index (χ4v) is 11.8. The van der Waals surface area contributed by atoms with Gasteiger partial charge < -0.3 is 28.8 Å². The van der Waals surface area contributed by atoms with Gasteiger partial charge in [0, 0.05) is 44.9 Å². The van der Waals surface area contributed by atoms with Crippen LogP contribution in [0, 0.1) is 0 Å². The van der Waals surface area contributed by atoms with Crippen molar-refractivity contribution in [2.45, 2.75) is 24.0 Å². The first-order valence-electron chi connectivity index (χ1n) is 29.2. The van der Waals surface area contributed by atoms with E-state index >= 15 is 0 Å². The molecule has 9 nitrogen and oxygen atoms in total. The second kappa shape index (κ2) is 23.8. The summed E-state index contributed by atoms with van der Waals surface area (Å²) in [7, 11) is 0. The van der Waals surface area contributed by atoms with Crippen LogP contribution in [0.25, 0.3) is 45.8 Å². The maximum absolute atomic E-state index is 11.5. The molecule has 0 saturated carbocycles. The SMILES string of the molecule is C/C=C\C(=C/c1cccc2c1C=CC(c1ccccc1)(c1ccccc1)O2)Oc1nc(Oc2ccc3ccc4c(c3c2)C=CC(c2ccccc2)(c2ccccc2)O4)nc(Oc2ccc3ccc(O)c(/C=C\C(c4ccccc4)c4ccccc4)c3c2)n1. The molecule has 11 aromatic carbocycles. The van der Waals surface area contributed by atoms with Crippen molar-refractivity contribution in [2.24, 2.45) is 0 Å². The van der Waals surface area contributed by atoms with E-state index in [1.807, 2.05) is 207 Å². The van der Waals surface area contributed by atoms with E-state index in [-0.39, 0.29) is 29.7 Å². The summed E-state index contributed by atoms with van der Waals surface area (Å²) in [5.74, 6) is 2.74. The Morgan fingerprint density at radius 3 is 1.45 bits per heavy atom. The van der Waals surface area contributed by atoms with Gasteiger partial charge in [-0.1, -0.05) is 237 Å². The standard InChI is InChI=1S/C79H57N3O6/c1-2-22-63(51-58-27-21-36-73-67(58)47-49-78(87-73,59-28-13-5-14-29-59)60-30-15-6-16-31-60)84-75-80-76(85-64-41-37-56-39-45-72(83)68(70(56)52-64)44-43-66(54-23-9-3-10-24-54)55-25-11-4-12-26-55)82-77(81-75)86-65-42-38-57-40-46-74-69(71(57)53-65)48-50-79(88-74,61-32-17-7-18-33-61)62-34-19-8-20-35-62/h2-53,66,83H,1H3/b22-2-,44-43-,63-51+. The molecule has 1 aromatic heterocycles. The lowest BCUT2D eigenvalue weighted by atomic mass is 9.83. The van der Waals surface area contributed by atoms with Crippen LogP contribution in [0.5, 0.6) is 46.8 Å². The molecule has 0 amide bonds. The Hall–Kier alpha value is -11.6. The van der Waals surface area contributed by atoms with Crippen LogP contribution in [0.4, 0.5) is 0 Å². The van der Waals surface area contributed by atoms with Crippen molar-refractivity contribution in [2.75, 3.05) is 0 Å². The summed E-state index contributed by atoms with van der Waals surface area (Å²) in [5.41, 5.74) is 7.80. The minimum atomic E-state index is -0.860. The Labute approximate surface area is 510 Å². The van der Waals surface area contributed by atoms with Crippen LogP contribution in [0.1, 0.15) is 68.5 Å². The summed E-state index contributed by atoms with van der Waals surface area (Å²) in [6.45, 7) is 1.91. The van der Waals surface area contributed by atoms with Gasteiger partial charge in [-0.2, -0.15) is 0 Å². The second-order valence-electron chi connectivity index (χ2n) is 21.5. The van der Waals surface area contributed by atoms with Gasteiger partial charge in [-0.25, -0.2) is 0 Å². The van der Waals surface area contributed by atoms with Crippen LogP contribution in [-0.2, 0) is 11.2 Å². The van der Waals surface area contributed by atoms with Crippen molar-refractivity contribution in [3.8, 4) is 46.8 Å². The van der Waals surface area contributed by atoms with Crippen molar-refractivity contribution in [1.82, 2.24) is 15.0 Å². The van der Waals surface area contributed by atoms with E-state index in [0.717, 1.165) is 77.4 Å². The number of ether oxygens (including phenoxy) is 5. The fourth-order valence-electron chi connectivity index (χ4n) is 11.8. The summed E-state index contributed by atoms with van der Waals surface area (Å²) in [6.07, 6.45) is 18.2. The molecule has 0 radical (unpaired) electrons. The summed E-state index contributed by atoms with van der Waals surface area (Å²) in [5, 5.41) is 15.1. The first kappa shape index (κ1) is 54.4. The highest BCUT2D eigenvalue weighted by Gasteiger charge is 2.39. The fraction of sp³-hybridized carbons (Fsp3) is 0.0506. The largest absolute Gasteiger partial charge is 0.507 e. The Morgan fingerprint density at radius 1 is 0.466 bits per heavy atom. The number of aromatic hydroxyl groups is 1. The van der Waals surface area contributed by atoms with Gasteiger partial charge in [0.2, 0.25) is 0 Å². The summed E-state index contributed by atoms with van der Waals surface area (Å²) >= 11 is 0. The smallest absolute Gasteiger partial charge is 0.331 e. The number of aromatic nitrogens is 3. The van der Waals surface area contributed by atoms with E-state index in [4.69, 9.17) is 38.6 Å². The maximum Gasteiger partial charge on any atom is 0.331 e. The number of nitrogens with zero attached hydrogens (tertiary/aromatic N) is 3. The van der Waals surface area contributed by atoms with E-state index in [1.54, 1.807) is 6.07 Å². The Balaban J connectivity index is 0.833. The first-order valence-corrected chi connectivity index (χ1v) is 29.2. The lowest BCUT2D eigenvalue weighted by Crippen LogP contribution is -2.34. The Bertz CT molecular complexity index is 4480. The van der Waals surface area contributed by atoms with Gasteiger partial charge in [0.1, 0.15) is 34.5 Å². The molecule has 2 aliphatic rings. The zero-order valence-corrected chi connectivity index (χ0v) is 47.9. The number of fused-ring (bicyclic) bond motifs is 5. The predicted octanol–water partition coefficient (Wildman–Crippen LogP) is 19.0. The van der Waals surface area contributed by atoms with E-state index in [1.165, 1.54) is 0 Å². The molecule has 0 bridgehead atoms. The van der Waals surface area contributed by atoms with Gasteiger partial charge in [-0.15, -0.1) is 15.0 Å². The van der Waals surface area contributed by atoms with Gasteiger partial charge in [0.05, 0.1) is 0 Å². The van der Waals surface area contributed by atoms with Crippen LogP contribution >= 0.6 is 0 Å². The molecule has 12 aromatic rings. The van der Waals surface area contributed by atoms with Crippen LogP contribution < -0.4 is 23.7 Å². The third-order valence-electron chi connectivity index (χ3n) is 16.0. The minimum absolute atomic E-state index is 0.0764. The average molecular weight is 1140 g/mol. The van der Waals surface area contributed by atoms with E-state index in [0.29, 0.717) is 28.6 Å². The van der Waals surface area contributed by atoms with Crippen LogP contribution in [0.3, 0.4) is 0 Å². The number of allylic oxidation sites excluding steroid dienone is 3. The molecule has 0 aliphatic carbocycles. The molecule has 88 heavy (non-hydrogen) atoms. The van der Waals surface area contributed by atoms with Crippen molar-refractivity contribution in [3.63, 3.8) is 0 Å². The molecule has 14 rings (SSSR count). The number of rotatable bonds is 16. The van der Waals surface area contributed by atoms with E-state index in [9.17, 15) is 5.11 Å². The van der Waals surface area contributed by atoms with Gasteiger partial charge in [-0.3, -0.25) is 0 Å². The topological polar surface area (TPSA) is 105 Å². The summed E-state index contributed by atoms with van der Waals surface area (Å²) in [6, 6.07) is 86.5. The highest BCUT2D eigenvalue weighted by atomic mass is 16.5. The number of hydrogen-bond acceptors (Lipinski definition) is 9. The number of hydrogen-bond donors (Lipinski definition) is 1. The lowest BCUT2D eigenvalue weighted by molar-refractivity contribution is 0.161. The van der Waals surface area contributed by atoms with Crippen LogP contribution in [-0.4, -0.2) is 20.1 Å². The average Bonchev–Trinajstić information content (AvgIpc) is 2.41. The molecule has 2 aliphatic heterocycles. The zero-order valence-electron chi connectivity index (χ0n) is 47.9. The van der Waals surface area contributed by atoms with Crippen molar-refractivity contribution in [3.05, 3.63) is 353 Å². The molecular formula is C79H57N3O6.